The second-order valence-corrected chi connectivity index (χ2v) is 12.7. The molecular weight excluding hydrogens is 568 g/mol. The SMILES string of the molecule is CC(C)(C)OC(=O)CCc1cc(CCc2ccccc2OCCN2CCOCC2)cc(CCN2C(=O)c3ccccc3C2=O)c1. The van der Waals surface area contributed by atoms with Crippen molar-refractivity contribution in [3.63, 3.8) is 0 Å². The summed E-state index contributed by atoms with van der Waals surface area (Å²) in [6.07, 6.45) is 2.92. The molecule has 2 heterocycles. The van der Waals surface area contributed by atoms with Gasteiger partial charge in [0.15, 0.2) is 0 Å². The van der Waals surface area contributed by atoms with Crippen LogP contribution < -0.4 is 4.74 Å². The average molecular weight is 613 g/mol. The van der Waals surface area contributed by atoms with Crippen LogP contribution in [-0.2, 0) is 40.0 Å². The summed E-state index contributed by atoms with van der Waals surface area (Å²) in [4.78, 5) is 42.1. The van der Waals surface area contributed by atoms with Crippen molar-refractivity contribution in [3.05, 3.63) is 100 Å². The summed E-state index contributed by atoms with van der Waals surface area (Å²) in [6.45, 7) is 10.8. The average Bonchev–Trinajstić information content (AvgIpc) is 3.27. The molecule has 3 aromatic rings. The van der Waals surface area contributed by atoms with Crippen molar-refractivity contribution in [1.29, 1.82) is 0 Å². The van der Waals surface area contributed by atoms with Gasteiger partial charge >= 0.3 is 5.97 Å². The molecule has 2 aliphatic rings. The zero-order chi connectivity index (χ0) is 31.8. The van der Waals surface area contributed by atoms with E-state index >= 15 is 0 Å². The molecule has 238 valence electrons. The minimum absolute atomic E-state index is 0.233. The van der Waals surface area contributed by atoms with Crippen LogP contribution in [0.5, 0.6) is 5.75 Å². The number of carbonyl (C=O) groups excluding carboxylic acids is 3. The maximum atomic E-state index is 12.9. The monoisotopic (exact) mass is 612 g/mol. The Morgan fingerprint density at radius 3 is 2.04 bits per heavy atom. The number of hydrogen-bond acceptors (Lipinski definition) is 7. The Kier molecular flexibility index (Phi) is 10.7. The predicted octanol–water partition coefficient (Wildman–Crippen LogP) is 5.30. The molecule has 8 nitrogen and oxygen atoms in total. The second-order valence-electron chi connectivity index (χ2n) is 12.7. The Labute approximate surface area is 266 Å². The van der Waals surface area contributed by atoms with Gasteiger partial charge in [-0.3, -0.25) is 24.2 Å². The van der Waals surface area contributed by atoms with Crippen molar-refractivity contribution in [2.45, 2.75) is 58.5 Å². The first kappa shape index (κ1) is 32.4. The van der Waals surface area contributed by atoms with Crippen LogP contribution in [0.25, 0.3) is 0 Å². The molecule has 0 N–H and O–H groups in total. The molecular formula is C37H44N2O6. The number of rotatable bonds is 13. The van der Waals surface area contributed by atoms with Crippen molar-refractivity contribution in [3.8, 4) is 5.75 Å². The van der Waals surface area contributed by atoms with Gasteiger partial charge in [-0.05, 0) is 86.9 Å². The van der Waals surface area contributed by atoms with Gasteiger partial charge in [-0.2, -0.15) is 0 Å². The molecule has 45 heavy (non-hydrogen) atoms. The van der Waals surface area contributed by atoms with Gasteiger partial charge in [0.25, 0.3) is 11.8 Å². The summed E-state index contributed by atoms with van der Waals surface area (Å²) in [5, 5.41) is 0. The molecule has 1 fully saturated rings. The Morgan fingerprint density at radius 2 is 1.38 bits per heavy atom. The number of imide groups is 1. The van der Waals surface area contributed by atoms with Crippen LogP contribution in [0, 0.1) is 0 Å². The Balaban J connectivity index is 1.26. The molecule has 5 rings (SSSR count). The van der Waals surface area contributed by atoms with Gasteiger partial charge in [0.2, 0.25) is 0 Å². The third-order valence-corrected chi connectivity index (χ3v) is 8.08. The third-order valence-electron chi connectivity index (χ3n) is 8.08. The minimum Gasteiger partial charge on any atom is -0.492 e. The lowest BCUT2D eigenvalue weighted by Crippen LogP contribution is -2.38. The van der Waals surface area contributed by atoms with Crippen molar-refractivity contribution in [2.75, 3.05) is 46.0 Å². The van der Waals surface area contributed by atoms with Crippen LogP contribution in [0.15, 0.2) is 66.7 Å². The number of fused-ring (bicyclic) bond motifs is 1. The van der Waals surface area contributed by atoms with Crippen molar-refractivity contribution >= 4 is 17.8 Å². The number of morpholine rings is 1. The number of carbonyl (C=O) groups is 3. The van der Waals surface area contributed by atoms with Crippen LogP contribution in [0.1, 0.15) is 70.2 Å². The lowest BCUT2D eigenvalue weighted by atomic mass is 9.96. The fraction of sp³-hybridized carbons (Fsp3) is 0.432. The molecule has 0 spiro atoms. The van der Waals surface area contributed by atoms with E-state index in [1.54, 1.807) is 24.3 Å². The molecule has 2 amide bonds. The molecule has 0 radical (unpaired) electrons. The highest BCUT2D eigenvalue weighted by Crippen LogP contribution is 2.25. The van der Waals surface area contributed by atoms with Gasteiger partial charge in [-0.1, -0.05) is 48.5 Å². The van der Waals surface area contributed by atoms with E-state index in [0.717, 1.165) is 73.7 Å². The van der Waals surface area contributed by atoms with Gasteiger partial charge < -0.3 is 14.2 Å². The standard InChI is InChI=1S/C37H44N2O6/c1-37(2,3)45-34(40)15-13-28-24-27(12-14-30-8-4-7-11-33(30)44-23-20-38-18-21-43-22-19-38)25-29(26-28)16-17-39-35(41)31-9-5-6-10-32(31)36(39)42/h4-11,24-26H,12-23H2,1-3H3. The van der Waals surface area contributed by atoms with Gasteiger partial charge in [0.05, 0.1) is 24.3 Å². The van der Waals surface area contributed by atoms with Crippen molar-refractivity contribution in [2.24, 2.45) is 0 Å². The largest absolute Gasteiger partial charge is 0.492 e. The zero-order valence-electron chi connectivity index (χ0n) is 26.7. The summed E-state index contributed by atoms with van der Waals surface area (Å²) >= 11 is 0. The first-order valence-electron chi connectivity index (χ1n) is 16.0. The van der Waals surface area contributed by atoms with Crippen LogP contribution in [0.2, 0.25) is 0 Å². The first-order chi connectivity index (χ1) is 21.7. The molecule has 0 saturated carbocycles. The lowest BCUT2D eigenvalue weighted by molar-refractivity contribution is -0.154. The Bertz CT molecular complexity index is 1470. The molecule has 0 aliphatic carbocycles. The number of nitrogens with zero attached hydrogens (tertiary/aromatic N) is 2. The highest BCUT2D eigenvalue weighted by Gasteiger charge is 2.34. The van der Waals surface area contributed by atoms with E-state index in [2.05, 4.69) is 29.2 Å². The smallest absolute Gasteiger partial charge is 0.306 e. The highest BCUT2D eigenvalue weighted by atomic mass is 16.6. The summed E-state index contributed by atoms with van der Waals surface area (Å²) in [5.74, 6) is 0.172. The van der Waals surface area contributed by atoms with Crippen LogP contribution in [0.3, 0.4) is 0 Å². The van der Waals surface area contributed by atoms with Gasteiger partial charge in [0.1, 0.15) is 18.0 Å². The first-order valence-corrected chi connectivity index (χ1v) is 16.0. The molecule has 2 aliphatic heterocycles. The number of aryl methyl sites for hydroxylation is 3. The van der Waals surface area contributed by atoms with Crippen LogP contribution in [-0.4, -0.2) is 79.2 Å². The topological polar surface area (TPSA) is 85.4 Å². The normalized spacial score (nSPS) is 15.3. The number of hydrogen-bond donors (Lipinski definition) is 0. The Morgan fingerprint density at radius 1 is 0.778 bits per heavy atom. The number of amides is 2. The molecule has 0 unspecified atom stereocenters. The number of ether oxygens (including phenoxy) is 3. The molecule has 3 aromatic carbocycles. The maximum absolute atomic E-state index is 12.9. The molecule has 0 atom stereocenters. The van der Waals surface area contributed by atoms with Gasteiger partial charge in [-0.25, -0.2) is 0 Å². The van der Waals surface area contributed by atoms with E-state index in [9.17, 15) is 14.4 Å². The van der Waals surface area contributed by atoms with Gasteiger partial charge in [0, 0.05) is 32.6 Å². The molecule has 0 bridgehead atoms. The highest BCUT2D eigenvalue weighted by molar-refractivity contribution is 6.21. The minimum atomic E-state index is -0.534. The molecule has 0 aromatic heterocycles. The maximum Gasteiger partial charge on any atom is 0.306 e. The van der Waals surface area contributed by atoms with Gasteiger partial charge in [-0.15, -0.1) is 0 Å². The quantitative estimate of drug-likeness (QED) is 0.191. The number of benzene rings is 3. The van der Waals surface area contributed by atoms with Crippen molar-refractivity contribution < 1.29 is 28.6 Å². The summed E-state index contributed by atoms with van der Waals surface area (Å²) < 4.78 is 17.2. The second kappa shape index (κ2) is 14.8. The summed E-state index contributed by atoms with van der Waals surface area (Å²) in [6, 6.07) is 21.5. The third kappa shape index (κ3) is 9.02. The van der Waals surface area contributed by atoms with E-state index in [-0.39, 0.29) is 24.2 Å². The van der Waals surface area contributed by atoms with E-state index in [0.29, 0.717) is 37.1 Å². The van der Waals surface area contributed by atoms with E-state index in [4.69, 9.17) is 14.2 Å². The summed E-state index contributed by atoms with van der Waals surface area (Å²) in [7, 11) is 0. The molecule has 1 saturated heterocycles. The van der Waals surface area contributed by atoms with E-state index in [1.165, 1.54) is 4.90 Å². The van der Waals surface area contributed by atoms with E-state index < -0.39 is 5.60 Å². The molecule has 8 heteroatoms. The van der Waals surface area contributed by atoms with E-state index in [1.807, 2.05) is 39.0 Å². The number of esters is 1. The number of para-hydroxylation sites is 1. The Hall–Kier alpha value is -4.01. The lowest BCUT2D eigenvalue weighted by Gasteiger charge is -2.26. The fourth-order valence-electron chi connectivity index (χ4n) is 5.83. The zero-order valence-corrected chi connectivity index (χ0v) is 26.7. The van der Waals surface area contributed by atoms with Crippen LogP contribution in [0.4, 0.5) is 0 Å². The fourth-order valence-corrected chi connectivity index (χ4v) is 5.83. The predicted molar refractivity (Wildman–Crippen MR) is 173 cm³/mol. The van der Waals surface area contributed by atoms with Crippen molar-refractivity contribution in [1.82, 2.24) is 9.80 Å². The van der Waals surface area contributed by atoms with Crippen LogP contribution >= 0.6 is 0 Å². The summed E-state index contributed by atoms with van der Waals surface area (Å²) in [5.41, 5.74) is 4.72.